The highest BCUT2D eigenvalue weighted by Crippen LogP contribution is 2.30. The van der Waals surface area contributed by atoms with Crippen molar-refractivity contribution < 1.29 is 0 Å². The third-order valence-electron chi connectivity index (χ3n) is 5.48. The van der Waals surface area contributed by atoms with Gasteiger partial charge in [-0.3, -0.25) is 5.10 Å². The Morgan fingerprint density at radius 1 is 1.00 bits per heavy atom. The molecule has 7 heteroatoms. The number of rotatable bonds is 4. The molecule has 5 aromatic rings. The average Bonchev–Trinajstić information content (AvgIpc) is 3.49. The predicted octanol–water partition coefficient (Wildman–Crippen LogP) is 4.94. The number of aromatic amines is 2. The summed E-state index contributed by atoms with van der Waals surface area (Å²) in [5.41, 5.74) is 6.67. The molecule has 0 fully saturated rings. The molecule has 0 saturated carbocycles. The van der Waals surface area contributed by atoms with Gasteiger partial charge in [-0.1, -0.05) is 38.1 Å². The van der Waals surface area contributed by atoms with Crippen LogP contribution in [0.2, 0.25) is 0 Å². The second kappa shape index (κ2) is 6.95. The van der Waals surface area contributed by atoms with Crippen LogP contribution in [-0.2, 0) is 0 Å². The molecule has 0 aliphatic rings. The van der Waals surface area contributed by atoms with Crippen molar-refractivity contribution in [3.63, 3.8) is 0 Å². The van der Waals surface area contributed by atoms with Crippen LogP contribution in [0.4, 0.5) is 0 Å². The van der Waals surface area contributed by atoms with Gasteiger partial charge in [0.2, 0.25) is 5.82 Å². The Morgan fingerprint density at radius 2 is 1.83 bits per heavy atom. The monoisotopic (exact) mass is 397 g/mol. The van der Waals surface area contributed by atoms with E-state index in [9.17, 15) is 0 Å². The molecule has 2 N–H and O–H groups in total. The molecular weight excluding hydrogens is 374 g/mol. The van der Waals surface area contributed by atoms with Crippen LogP contribution in [0.25, 0.3) is 39.8 Å². The minimum atomic E-state index is 0.420. The van der Waals surface area contributed by atoms with Gasteiger partial charge < -0.3 is 4.98 Å². The number of aryl methyl sites for hydroxylation is 2. The fourth-order valence-electron chi connectivity index (χ4n) is 3.72. The normalized spacial score (nSPS) is 11.6. The van der Waals surface area contributed by atoms with Crippen molar-refractivity contribution in [3.8, 4) is 28.9 Å². The first-order valence-electron chi connectivity index (χ1n) is 10.0. The molecule has 7 nitrogen and oxygen atoms in total. The van der Waals surface area contributed by atoms with Crippen molar-refractivity contribution in [2.45, 2.75) is 33.6 Å². The smallest absolute Gasteiger partial charge is 0.219 e. The predicted molar refractivity (Wildman–Crippen MR) is 118 cm³/mol. The molecule has 0 radical (unpaired) electrons. The maximum atomic E-state index is 4.82. The van der Waals surface area contributed by atoms with Gasteiger partial charge in [-0.15, -0.1) is 5.10 Å². The first kappa shape index (κ1) is 18.3. The Bertz CT molecular complexity index is 1300. The highest BCUT2D eigenvalue weighted by molar-refractivity contribution is 5.90. The molecule has 0 amide bonds. The van der Waals surface area contributed by atoms with Crippen LogP contribution in [-0.4, -0.2) is 34.9 Å². The van der Waals surface area contributed by atoms with Gasteiger partial charge in [0.1, 0.15) is 6.33 Å². The van der Waals surface area contributed by atoms with Crippen LogP contribution in [0.5, 0.6) is 0 Å². The fraction of sp³-hybridized carbons (Fsp3) is 0.217. The fourth-order valence-corrected chi connectivity index (χ4v) is 3.72. The molecule has 3 heterocycles. The minimum Gasteiger partial charge on any atom is -0.352 e. The van der Waals surface area contributed by atoms with Crippen molar-refractivity contribution in [2.75, 3.05) is 0 Å². The molecule has 0 bridgehead atoms. The maximum absolute atomic E-state index is 4.82. The third kappa shape index (κ3) is 2.99. The van der Waals surface area contributed by atoms with Crippen molar-refractivity contribution in [1.82, 2.24) is 34.9 Å². The Labute approximate surface area is 174 Å². The van der Waals surface area contributed by atoms with Gasteiger partial charge in [0.25, 0.3) is 0 Å². The molecule has 0 atom stereocenters. The Kier molecular flexibility index (Phi) is 4.24. The molecule has 0 unspecified atom stereocenters. The van der Waals surface area contributed by atoms with Gasteiger partial charge >= 0.3 is 0 Å². The number of hydrogen-bond donors (Lipinski definition) is 2. The highest BCUT2D eigenvalue weighted by Gasteiger charge is 2.19. The lowest BCUT2D eigenvalue weighted by Crippen LogP contribution is -2.01. The Hall–Kier alpha value is -3.74. The van der Waals surface area contributed by atoms with Crippen LogP contribution in [0.15, 0.2) is 48.8 Å². The topological polar surface area (TPSA) is 88.1 Å². The molecule has 0 aliphatic carbocycles. The van der Waals surface area contributed by atoms with Gasteiger partial charge in [0.15, 0.2) is 11.6 Å². The van der Waals surface area contributed by atoms with E-state index in [1.54, 1.807) is 0 Å². The molecule has 3 aromatic heterocycles. The molecule has 0 spiro atoms. The highest BCUT2D eigenvalue weighted by atomic mass is 15.4. The number of nitrogens with one attached hydrogen (secondary N) is 2. The summed E-state index contributed by atoms with van der Waals surface area (Å²) in [7, 11) is 0. The maximum Gasteiger partial charge on any atom is 0.219 e. The van der Waals surface area contributed by atoms with E-state index in [4.69, 9.17) is 10.1 Å². The molecular formula is C23H23N7. The summed E-state index contributed by atoms with van der Waals surface area (Å²) in [5.74, 6) is 2.20. The summed E-state index contributed by atoms with van der Waals surface area (Å²) >= 11 is 0. The SMILES string of the molecule is Cc1ccc(C)c2[nH]c(-c3nc(-c4ncn[nH]4)nn3-c3cccc(C(C)C)c3)cc12. The summed E-state index contributed by atoms with van der Waals surface area (Å²) in [4.78, 5) is 12.6. The van der Waals surface area contributed by atoms with E-state index in [0.717, 1.165) is 22.7 Å². The van der Waals surface area contributed by atoms with E-state index < -0.39 is 0 Å². The molecule has 150 valence electrons. The number of fused-ring (bicyclic) bond motifs is 1. The largest absolute Gasteiger partial charge is 0.352 e. The molecule has 5 rings (SSSR count). The number of benzene rings is 2. The van der Waals surface area contributed by atoms with Gasteiger partial charge in [0.05, 0.1) is 11.4 Å². The van der Waals surface area contributed by atoms with Gasteiger partial charge in [-0.25, -0.2) is 14.6 Å². The third-order valence-corrected chi connectivity index (χ3v) is 5.48. The number of H-pyrrole nitrogens is 2. The number of aromatic nitrogens is 7. The zero-order valence-corrected chi connectivity index (χ0v) is 17.4. The Morgan fingerprint density at radius 3 is 2.57 bits per heavy atom. The van der Waals surface area contributed by atoms with Gasteiger partial charge in [-0.05, 0) is 54.7 Å². The second-order valence-electron chi connectivity index (χ2n) is 7.93. The van der Waals surface area contributed by atoms with Crippen molar-refractivity contribution >= 4 is 10.9 Å². The van der Waals surface area contributed by atoms with Crippen molar-refractivity contribution in [2.24, 2.45) is 0 Å². The summed E-state index contributed by atoms with van der Waals surface area (Å²) in [6.45, 7) is 8.60. The van der Waals surface area contributed by atoms with E-state index in [1.165, 1.54) is 28.4 Å². The zero-order chi connectivity index (χ0) is 20.8. The lowest BCUT2D eigenvalue weighted by molar-refractivity contribution is 0.846. The van der Waals surface area contributed by atoms with Crippen LogP contribution in [0.3, 0.4) is 0 Å². The Balaban J connectivity index is 1.74. The first-order valence-corrected chi connectivity index (χ1v) is 10.0. The van der Waals surface area contributed by atoms with Gasteiger partial charge in [-0.2, -0.15) is 5.10 Å². The molecule has 0 aliphatic heterocycles. The van der Waals surface area contributed by atoms with E-state index in [2.05, 4.69) is 84.3 Å². The standard InChI is InChI=1S/C23H23N7/c1-13(2)16-6-5-7-17(10-16)30-23(27-22(29-30)21-24-12-25-28-21)19-11-18-14(3)8-9-15(4)20(18)26-19/h5-13,26H,1-4H3,(H,24,25,28). The number of hydrogen-bond acceptors (Lipinski definition) is 4. The average molecular weight is 397 g/mol. The summed E-state index contributed by atoms with van der Waals surface area (Å²) in [5, 5.41) is 12.8. The molecule has 30 heavy (non-hydrogen) atoms. The quantitative estimate of drug-likeness (QED) is 0.449. The van der Waals surface area contributed by atoms with Crippen LogP contribution in [0, 0.1) is 13.8 Å². The molecule has 0 saturated heterocycles. The van der Waals surface area contributed by atoms with Gasteiger partial charge in [0, 0.05) is 10.9 Å². The summed E-state index contributed by atoms with van der Waals surface area (Å²) < 4.78 is 1.87. The van der Waals surface area contributed by atoms with Crippen LogP contribution in [0.1, 0.15) is 36.5 Å². The summed E-state index contributed by atoms with van der Waals surface area (Å²) in [6.07, 6.45) is 1.46. The lowest BCUT2D eigenvalue weighted by atomic mass is 10.0. The first-order chi connectivity index (χ1) is 14.5. The zero-order valence-electron chi connectivity index (χ0n) is 17.4. The van der Waals surface area contributed by atoms with E-state index >= 15 is 0 Å². The lowest BCUT2D eigenvalue weighted by Gasteiger charge is -2.09. The second-order valence-corrected chi connectivity index (χ2v) is 7.93. The van der Waals surface area contributed by atoms with Crippen LogP contribution < -0.4 is 0 Å². The van der Waals surface area contributed by atoms with Crippen molar-refractivity contribution in [1.29, 1.82) is 0 Å². The molecule has 2 aromatic carbocycles. The van der Waals surface area contributed by atoms with Crippen LogP contribution >= 0.6 is 0 Å². The van der Waals surface area contributed by atoms with E-state index in [-0.39, 0.29) is 0 Å². The van der Waals surface area contributed by atoms with Crippen molar-refractivity contribution in [3.05, 3.63) is 65.5 Å². The summed E-state index contributed by atoms with van der Waals surface area (Å²) in [6, 6.07) is 14.8. The van der Waals surface area contributed by atoms with E-state index in [1.807, 2.05) is 10.7 Å². The number of nitrogens with zero attached hydrogens (tertiary/aromatic N) is 5. The van der Waals surface area contributed by atoms with E-state index in [0.29, 0.717) is 17.6 Å². The minimum absolute atomic E-state index is 0.420.